The summed E-state index contributed by atoms with van der Waals surface area (Å²) in [6, 6.07) is 9.09. The lowest BCUT2D eigenvalue weighted by Crippen LogP contribution is -2.33. The molecule has 186 valence electrons. The molecule has 3 amide bonds. The van der Waals surface area contributed by atoms with Gasteiger partial charge in [-0.15, -0.1) is 0 Å². The van der Waals surface area contributed by atoms with E-state index in [2.05, 4.69) is 10.3 Å². The zero-order valence-corrected chi connectivity index (χ0v) is 20.6. The molecule has 0 bridgehead atoms. The molecule has 3 rings (SSSR count). The molecule has 10 heteroatoms. The van der Waals surface area contributed by atoms with Gasteiger partial charge in [-0.25, -0.2) is 14.2 Å². The van der Waals surface area contributed by atoms with Crippen LogP contribution in [0.25, 0.3) is 0 Å². The second-order valence-electron chi connectivity index (χ2n) is 9.30. The number of hydrogen-bond acceptors (Lipinski definition) is 5. The molecule has 0 unspecified atom stereocenters. The Morgan fingerprint density at radius 3 is 2.57 bits per heavy atom. The molecule has 2 aromatic rings. The molecule has 0 spiro atoms. The molecular formula is C25H27ClFN3O5. The van der Waals surface area contributed by atoms with E-state index in [4.69, 9.17) is 16.3 Å². The lowest BCUT2D eigenvalue weighted by atomic mass is 10.0. The Labute approximate surface area is 207 Å². The van der Waals surface area contributed by atoms with E-state index >= 15 is 0 Å². The summed E-state index contributed by atoms with van der Waals surface area (Å²) in [5, 5.41) is 12.0. The minimum absolute atomic E-state index is 0.0587. The summed E-state index contributed by atoms with van der Waals surface area (Å²) in [4.78, 5) is 42.6. The van der Waals surface area contributed by atoms with Crippen LogP contribution in [-0.4, -0.2) is 52.9 Å². The van der Waals surface area contributed by atoms with Crippen molar-refractivity contribution in [2.24, 2.45) is 10.9 Å². The SMILES string of the molecule is CN(Cc1ccc2c(c1)C(=NC(=O)C(=O)Nc1ccc(Cl)c(F)c1)[C@@H](CO)C2)C(=O)OC(C)(C)C. The zero-order chi connectivity index (χ0) is 25.9. The molecule has 2 N–H and O–H groups in total. The van der Waals surface area contributed by atoms with Gasteiger partial charge in [0.25, 0.3) is 0 Å². The second-order valence-corrected chi connectivity index (χ2v) is 9.70. The monoisotopic (exact) mass is 503 g/mol. The maximum absolute atomic E-state index is 13.6. The van der Waals surface area contributed by atoms with Crippen molar-refractivity contribution in [2.45, 2.75) is 39.3 Å². The maximum atomic E-state index is 13.6. The van der Waals surface area contributed by atoms with Gasteiger partial charge >= 0.3 is 17.9 Å². The van der Waals surface area contributed by atoms with Crippen molar-refractivity contribution >= 4 is 40.9 Å². The van der Waals surface area contributed by atoms with Gasteiger partial charge in [0, 0.05) is 30.8 Å². The van der Waals surface area contributed by atoms with Crippen LogP contribution in [0, 0.1) is 11.7 Å². The smallest absolute Gasteiger partial charge is 0.410 e. The largest absolute Gasteiger partial charge is 0.444 e. The third-order valence-electron chi connectivity index (χ3n) is 5.24. The molecule has 1 atom stereocenters. The number of hydrogen-bond donors (Lipinski definition) is 2. The van der Waals surface area contributed by atoms with Crippen LogP contribution in [0.15, 0.2) is 41.4 Å². The molecular weight excluding hydrogens is 477 g/mol. The van der Waals surface area contributed by atoms with Crippen molar-refractivity contribution in [1.82, 2.24) is 4.90 Å². The summed E-state index contributed by atoms with van der Waals surface area (Å²) in [6.07, 6.45) is -0.0324. The fourth-order valence-electron chi connectivity index (χ4n) is 3.62. The number of benzene rings is 2. The molecule has 0 radical (unpaired) electrons. The summed E-state index contributed by atoms with van der Waals surface area (Å²) in [7, 11) is 1.61. The Hall–Kier alpha value is -3.30. The predicted molar refractivity (Wildman–Crippen MR) is 130 cm³/mol. The minimum atomic E-state index is -1.09. The van der Waals surface area contributed by atoms with Crippen molar-refractivity contribution < 1.29 is 28.6 Å². The minimum Gasteiger partial charge on any atom is -0.444 e. The first-order chi connectivity index (χ1) is 16.4. The van der Waals surface area contributed by atoms with E-state index in [0.29, 0.717) is 12.0 Å². The molecule has 0 fully saturated rings. The number of anilines is 1. The van der Waals surface area contributed by atoms with Crippen LogP contribution < -0.4 is 5.32 Å². The summed E-state index contributed by atoms with van der Waals surface area (Å²) in [5.74, 6) is -3.34. The van der Waals surface area contributed by atoms with Gasteiger partial charge in [0.1, 0.15) is 11.4 Å². The number of carbonyl (C=O) groups excluding carboxylic acids is 3. The number of aliphatic imine (C=N–C) groups is 1. The Morgan fingerprint density at radius 2 is 1.94 bits per heavy atom. The summed E-state index contributed by atoms with van der Waals surface area (Å²) in [5.41, 5.74) is 1.96. The first kappa shape index (κ1) is 26.3. The molecule has 0 saturated carbocycles. The molecule has 0 heterocycles. The summed E-state index contributed by atoms with van der Waals surface area (Å²) >= 11 is 5.63. The lowest BCUT2D eigenvalue weighted by molar-refractivity contribution is -0.134. The highest BCUT2D eigenvalue weighted by molar-refractivity contribution is 6.42. The highest BCUT2D eigenvalue weighted by Gasteiger charge is 2.30. The van der Waals surface area contributed by atoms with E-state index in [1.54, 1.807) is 33.9 Å². The molecule has 35 heavy (non-hydrogen) atoms. The quantitative estimate of drug-likeness (QED) is 0.614. The first-order valence-electron chi connectivity index (χ1n) is 10.9. The lowest BCUT2D eigenvalue weighted by Gasteiger charge is -2.24. The first-order valence-corrected chi connectivity index (χ1v) is 11.3. The van der Waals surface area contributed by atoms with Crippen LogP contribution in [0.4, 0.5) is 14.9 Å². The molecule has 1 aliphatic rings. The molecule has 2 aromatic carbocycles. The molecule has 0 aliphatic heterocycles. The summed E-state index contributed by atoms with van der Waals surface area (Å²) < 4.78 is 19.0. The molecule has 1 aliphatic carbocycles. The van der Waals surface area contributed by atoms with Gasteiger partial charge < -0.3 is 20.1 Å². The van der Waals surface area contributed by atoms with E-state index in [1.165, 1.54) is 17.0 Å². The van der Waals surface area contributed by atoms with Gasteiger partial charge in [0.2, 0.25) is 0 Å². The normalized spacial score (nSPS) is 16.1. The number of nitrogens with zero attached hydrogens (tertiary/aromatic N) is 2. The number of rotatable bonds is 4. The van der Waals surface area contributed by atoms with Crippen molar-refractivity contribution in [3.8, 4) is 0 Å². The Kier molecular flexibility index (Phi) is 7.92. The van der Waals surface area contributed by atoms with E-state index < -0.39 is 35.2 Å². The van der Waals surface area contributed by atoms with Gasteiger partial charge in [-0.05, 0) is 62.6 Å². The number of fused-ring (bicyclic) bond motifs is 1. The third kappa shape index (κ3) is 6.64. The number of aliphatic hydroxyl groups excluding tert-OH is 1. The van der Waals surface area contributed by atoms with Crippen LogP contribution in [0.5, 0.6) is 0 Å². The Bertz CT molecular complexity index is 1190. The van der Waals surface area contributed by atoms with Gasteiger partial charge in [-0.3, -0.25) is 9.59 Å². The van der Waals surface area contributed by atoms with Crippen LogP contribution in [0.3, 0.4) is 0 Å². The second kappa shape index (κ2) is 10.5. The van der Waals surface area contributed by atoms with Gasteiger partial charge in [-0.2, -0.15) is 0 Å². The van der Waals surface area contributed by atoms with Crippen LogP contribution >= 0.6 is 11.6 Å². The van der Waals surface area contributed by atoms with E-state index in [0.717, 1.165) is 17.2 Å². The fourth-order valence-corrected chi connectivity index (χ4v) is 3.74. The topological polar surface area (TPSA) is 108 Å². The van der Waals surface area contributed by atoms with Gasteiger partial charge in [-0.1, -0.05) is 23.7 Å². The highest BCUT2D eigenvalue weighted by atomic mass is 35.5. The average molecular weight is 504 g/mol. The number of nitrogens with one attached hydrogen (secondary N) is 1. The van der Waals surface area contributed by atoms with Crippen LogP contribution in [0.2, 0.25) is 5.02 Å². The van der Waals surface area contributed by atoms with Crippen molar-refractivity contribution in [3.05, 3.63) is 63.9 Å². The van der Waals surface area contributed by atoms with Crippen molar-refractivity contribution in [3.63, 3.8) is 0 Å². The average Bonchev–Trinajstić information content (AvgIpc) is 3.11. The standard InChI is InChI=1S/C25H27ClFN3O5/c1-25(2,3)35-24(34)30(4)12-14-5-6-15-10-16(13-31)21(18(15)9-14)29-23(33)22(32)28-17-7-8-19(26)20(27)11-17/h5-9,11,16,31H,10,12-13H2,1-4H3,(H,28,32)/t16-/m1/s1. The van der Waals surface area contributed by atoms with Gasteiger partial charge in [0.05, 0.1) is 17.3 Å². The van der Waals surface area contributed by atoms with Crippen molar-refractivity contribution in [1.29, 1.82) is 0 Å². The number of ether oxygens (including phenoxy) is 1. The molecule has 0 saturated heterocycles. The van der Waals surface area contributed by atoms with Crippen molar-refractivity contribution in [2.75, 3.05) is 19.0 Å². The summed E-state index contributed by atoms with van der Waals surface area (Å²) in [6.45, 7) is 5.32. The number of carbonyl (C=O) groups is 3. The van der Waals surface area contributed by atoms with Crippen LogP contribution in [-0.2, 0) is 27.3 Å². The van der Waals surface area contributed by atoms with Crippen LogP contribution in [0.1, 0.15) is 37.5 Å². The Morgan fingerprint density at radius 1 is 1.23 bits per heavy atom. The van der Waals surface area contributed by atoms with E-state index in [9.17, 15) is 23.9 Å². The fraction of sp³-hybridized carbons (Fsp3) is 0.360. The maximum Gasteiger partial charge on any atom is 0.410 e. The number of amides is 3. The predicted octanol–water partition coefficient (Wildman–Crippen LogP) is 3.97. The highest BCUT2D eigenvalue weighted by Crippen LogP contribution is 2.29. The number of aliphatic hydroxyl groups is 1. The third-order valence-corrected chi connectivity index (χ3v) is 5.55. The zero-order valence-electron chi connectivity index (χ0n) is 19.9. The van der Waals surface area contributed by atoms with Gasteiger partial charge in [0.15, 0.2) is 0 Å². The Balaban J connectivity index is 1.80. The molecule has 0 aromatic heterocycles. The molecule has 8 nitrogen and oxygen atoms in total. The number of halogens is 2. The van der Waals surface area contributed by atoms with E-state index in [1.807, 2.05) is 12.1 Å². The van der Waals surface area contributed by atoms with E-state index in [-0.39, 0.29) is 29.6 Å².